The molecule has 0 fully saturated rings. The molecule has 0 spiro atoms. The summed E-state index contributed by atoms with van der Waals surface area (Å²) in [4.78, 5) is 40.5. The lowest BCUT2D eigenvalue weighted by atomic mass is 10.3. The standard InChI is InChI=1S/C15H13Cl2N5O3/c1-3-21-6-9(4-18)14(24)22(15(21)25)7-11(23)20-13-12(17)8(2)10(16)5-19-13/h5-6H,3,7H2,1-2H3,(H,19,20,23). The van der Waals surface area contributed by atoms with Crippen LogP contribution in [0.2, 0.25) is 10.0 Å². The van der Waals surface area contributed by atoms with E-state index in [0.29, 0.717) is 15.2 Å². The summed E-state index contributed by atoms with van der Waals surface area (Å²) in [5, 5.41) is 11.9. The first-order chi connectivity index (χ1) is 11.8. The van der Waals surface area contributed by atoms with Gasteiger partial charge in [0.2, 0.25) is 5.91 Å². The Morgan fingerprint density at radius 2 is 2.08 bits per heavy atom. The van der Waals surface area contributed by atoms with E-state index in [1.165, 1.54) is 17.0 Å². The Morgan fingerprint density at radius 1 is 1.40 bits per heavy atom. The molecule has 2 rings (SSSR count). The summed E-state index contributed by atoms with van der Waals surface area (Å²) in [5.41, 5.74) is -1.22. The van der Waals surface area contributed by atoms with Gasteiger partial charge in [0.25, 0.3) is 5.56 Å². The molecule has 1 N–H and O–H groups in total. The summed E-state index contributed by atoms with van der Waals surface area (Å²) in [6, 6.07) is 1.71. The van der Waals surface area contributed by atoms with Crippen molar-refractivity contribution in [3.63, 3.8) is 0 Å². The first kappa shape index (κ1) is 18.7. The number of carbonyl (C=O) groups excluding carboxylic acids is 1. The van der Waals surface area contributed by atoms with Crippen LogP contribution in [0.15, 0.2) is 22.0 Å². The Morgan fingerprint density at radius 3 is 2.68 bits per heavy atom. The molecule has 130 valence electrons. The molecule has 2 heterocycles. The molecule has 8 nitrogen and oxygen atoms in total. The number of halogens is 2. The maximum absolute atomic E-state index is 12.2. The van der Waals surface area contributed by atoms with Crippen LogP contribution in [0.4, 0.5) is 5.82 Å². The first-order valence-electron chi connectivity index (χ1n) is 7.15. The fraction of sp³-hybridized carbons (Fsp3) is 0.267. The summed E-state index contributed by atoms with van der Waals surface area (Å²) in [6.07, 6.45) is 2.49. The topological polar surface area (TPSA) is 110 Å². The van der Waals surface area contributed by atoms with Gasteiger partial charge in [-0.25, -0.2) is 14.3 Å². The Hall–Kier alpha value is -2.63. The van der Waals surface area contributed by atoms with Crippen molar-refractivity contribution in [2.75, 3.05) is 5.32 Å². The van der Waals surface area contributed by atoms with Gasteiger partial charge in [0, 0.05) is 18.9 Å². The number of aromatic nitrogens is 3. The summed E-state index contributed by atoms with van der Waals surface area (Å²) in [6.45, 7) is 3.01. The van der Waals surface area contributed by atoms with Crippen molar-refractivity contribution >= 4 is 34.9 Å². The Balaban J connectivity index is 2.37. The maximum Gasteiger partial charge on any atom is 0.331 e. The van der Waals surface area contributed by atoms with Crippen molar-refractivity contribution in [2.24, 2.45) is 0 Å². The van der Waals surface area contributed by atoms with E-state index < -0.39 is 23.7 Å². The number of amides is 1. The van der Waals surface area contributed by atoms with Gasteiger partial charge in [0.05, 0.1) is 10.0 Å². The minimum Gasteiger partial charge on any atom is -0.308 e. The highest BCUT2D eigenvalue weighted by Crippen LogP contribution is 2.28. The zero-order valence-electron chi connectivity index (χ0n) is 13.3. The smallest absolute Gasteiger partial charge is 0.308 e. The maximum atomic E-state index is 12.2. The molecule has 2 aromatic rings. The number of anilines is 1. The van der Waals surface area contributed by atoms with Crippen molar-refractivity contribution in [1.82, 2.24) is 14.1 Å². The second-order valence-electron chi connectivity index (χ2n) is 5.06. The van der Waals surface area contributed by atoms with E-state index in [1.54, 1.807) is 19.9 Å². The van der Waals surface area contributed by atoms with Crippen molar-refractivity contribution in [2.45, 2.75) is 26.9 Å². The van der Waals surface area contributed by atoms with Crippen molar-refractivity contribution in [3.8, 4) is 6.07 Å². The average molecular weight is 382 g/mol. The van der Waals surface area contributed by atoms with Crippen LogP contribution in [0.25, 0.3) is 0 Å². The molecule has 0 aliphatic carbocycles. The third-order valence-corrected chi connectivity index (χ3v) is 4.30. The molecule has 1 amide bonds. The number of aryl methyl sites for hydroxylation is 1. The van der Waals surface area contributed by atoms with Crippen LogP contribution in [-0.2, 0) is 17.9 Å². The fourth-order valence-corrected chi connectivity index (χ4v) is 2.45. The second kappa shape index (κ2) is 7.51. The molecule has 0 aliphatic rings. The summed E-state index contributed by atoms with van der Waals surface area (Å²) >= 11 is 11.9. The van der Waals surface area contributed by atoms with Gasteiger partial charge in [-0.05, 0) is 19.4 Å². The fourth-order valence-electron chi connectivity index (χ4n) is 2.06. The number of carbonyl (C=O) groups is 1. The van der Waals surface area contributed by atoms with E-state index in [4.69, 9.17) is 28.5 Å². The van der Waals surface area contributed by atoms with Gasteiger partial charge >= 0.3 is 5.69 Å². The summed E-state index contributed by atoms with van der Waals surface area (Å²) in [7, 11) is 0. The molecule has 0 unspecified atom stereocenters. The lowest BCUT2D eigenvalue weighted by Crippen LogP contribution is -2.43. The van der Waals surface area contributed by atoms with Crippen LogP contribution in [-0.4, -0.2) is 20.0 Å². The highest BCUT2D eigenvalue weighted by molar-refractivity contribution is 6.37. The van der Waals surface area contributed by atoms with Gasteiger partial charge < -0.3 is 5.32 Å². The molecular weight excluding hydrogens is 369 g/mol. The Labute approximate surface area is 152 Å². The largest absolute Gasteiger partial charge is 0.331 e. The predicted octanol–water partition coefficient (Wildman–Crippen LogP) is 1.55. The zero-order valence-corrected chi connectivity index (χ0v) is 14.9. The van der Waals surface area contributed by atoms with Gasteiger partial charge in [-0.2, -0.15) is 5.26 Å². The van der Waals surface area contributed by atoms with Crippen LogP contribution < -0.4 is 16.6 Å². The number of pyridine rings is 1. The molecule has 0 aliphatic heterocycles. The van der Waals surface area contributed by atoms with E-state index in [2.05, 4.69) is 10.3 Å². The van der Waals surface area contributed by atoms with E-state index in [-0.39, 0.29) is 22.9 Å². The number of hydrogen-bond acceptors (Lipinski definition) is 5. The highest BCUT2D eigenvalue weighted by atomic mass is 35.5. The number of nitrogens with one attached hydrogen (secondary N) is 1. The Bertz CT molecular complexity index is 1000. The molecule has 0 saturated carbocycles. The average Bonchev–Trinajstić information content (AvgIpc) is 2.59. The zero-order chi connectivity index (χ0) is 18.7. The van der Waals surface area contributed by atoms with Gasteiger partial charge in [0.15, 0.2) is 5.82 Å². The molecule has 0 bridgehead atoms. The van der Waals surface area contributed by atoms with Gasteiger partial charge in [-0.3, -0.25) is 14.2 Å². The van der Waals surface area contributed by atoms with Crippen LogP contribution >= 0.6 is 23.2 Å². The minimum absolute atomic E-state index is 0.0638. The number of rotatable bonds is 4. The van der Waals surface area contributed by atoms with Crippen LogP contribution in [0, 0.1) is 18.3 Å². The van der Waals surface area contributed by atoms with Gasteiger partial charge in [-0.1, -0.05) is 23.2 Å². The number of nitriles is 1. The van der Waals surface area contributed by atoms with Crippen LogP contribution in [0.3, 0.4) is 0 Å². The molecular formula is C15H13Cl2N5O3. The number of hydrogen-bond donors (Lipinski definition) is 1. The van der Waals surface area contributed by atoms with Gasteiger partial charge in [0.1, 0.15) is 18.2 Å². The van der Waals surface area contributed by atoms with Crippen molar-refractivity contribution in [1.29, 1.82) is 5.26 Å². The molecule has 0 aromatic carbocycles. The molecule has 25 heavy (non-hydrogen) atoms. The van der Waals surface area contributed by atoms with E-state index >= 15 is 0 Å². The quantitative estimate of drug-likeness (QED) is 0.863. The molecule has 0 atom stereocenters. The van der Waals surface area contributed by atoms with E-state index in [1.807, 2.05) is 0 Å². The molecule has 10 heteroatoms. The first-order valence-corrected chi connectivity index (χ1v) is 7.90. The Kier molecular flexibility index (Phi) is 5.62. The van der Waals surface area contributed by atoms with Crippen LogP contribution in [0.5, 0.6) is 0 Å². The lowest BCUT2D eigenvalue weighted by Gasteiger charge is -2.11. The van der Waals surface area contributed by atoms with Crippen molar-refractivity contribution in [3.05, 3.63) is 54.4 Å². The molecule has 0 saturated heterocycles. The SMILES string of the molecule is CCn1cc(C#N)c(=O)n(CC(=O)Nc2ncc(Cl)c(C)c2Cl)c1=O. The normalized spacial score (nSPS) is 10.4. The van der Waals surface area contributed by atoms with E-state index in [0.717, 1.165) is 0 Å². The van der Waals surface area contributed by atoms with Crippen LogP contribution in [0.1, 0.15) is 18.1 Å². The third kappa shape index (κ3) is 3.73. The third-order valence-electron chi connectivity index (χ3n) is 3.46. The number of nitrogens with zero attached hydrogens (tertiary/aromatic N) is 4. The second-order valence-corrected chi connectivity index (χ2v) is 5.84. The van der Waals surface area contributed by atoms with Gasteiger partial charge in [-0.15, -0.1) is 0 Å². The lowest BCUT2D eigenvalue weighted by molar-refractivity contribution is -0.116. The van der Waals surface area contributed by atoms with E-state index in [9.17, 15) is 14.4 Å². The summed E-state index contributed by atoms with van der Waals surface area (Å²) < 4.78 is 1.86. The highest BCUT2D eigenvalue weighted by Gasteiger charge is 2.16. The predicted molar refractivity (Wildman–Crippen MR) is 93.0 cm³/mol. The minimum atomic E-state index is -0.835. The summed E-state index contributed by atoms with van der Waals surface area (Å²) in [5.74, 6) is -0.623. The van der Waals surface area contributed by atoms with Crippen molar-refractivity contribution < 1.29 is 4.79 Å². The monoisotopic (exact) mass is 381 g/mol. The molecule has 0 radical (unpaired) electrons. The molecule has 2 aromatic heterocycles.